The van der Waals surface area contributed by atoms with Crippen molar-refractivity contribution in [3.63, 3.8) is 0 Å². The van der Waals surface area contributed by atoms with Crippen LogP contribution in [0.4, 0.5) is 0 Å². The van der Waals surface area contributed by atoms with E-state index in [9.17, 15) is 9.59 Å². The molecule has 1 aromatic rings. The van der Waals surface area contributed by atoms with E-state index in [-0.39, 0.29) is 17.9 Å². The van der Waals surface area contributed by atoms with E-state index in [0.717, 1.165) is 44.5 Å². The van der Waals surface area contributed by atoms with Gasteiger partial charge < -0.3 is 15.0 Å². The SMILES string of the molecule is O=C1CC[C@@H](CCC(=O)N2CCC(COc3ccc(Cl)cc3)CC2)N1. The number of carbonyl (C=O) groups is 2. The quantitative estimate of drug-likeness (QED) is 0.844. The number of piperidine rings is 1. The Labute approximate surface area is 153 Å². The van der Waals surface area contributed by atoms with Crippen molar-refractivity contribution >= 4 is 23.4 Å². The van der Waals surface area contributed by atoms with Gasteiger partial charge in [0.05, 0.1) is 6.61 Å². The van der Waals surface area contributed by atoms with Crippen LogP contribution in [0.25, 0.3) is 0 Å². The van der Waals surface area contributed by atoms with Crippen molar-refractivity contribution in [1.82, 2.24) is 10.2 Å². The van der Waals surface area contributed by atoms with E-state index in [0.29, 0.717) is 30.4 Å². The summed E-state index contributed by atoms with van der Waals surface area (Å²) in [6.07, 6.45) is 4.67. The number of hydrogen-bond donors (Lipinski definition) is 1. The molecule has 0 aromatic heterocycles. The summed E-state index contributed by atoms with van der Waals surface area (Å²) in [6.45, 7) is 2.27. The summed E-state index contributed by atoms with van der Waals surface area (Å²) in [7, 11) is 0. The molecule has 2 saturated heterocycles. The van der Waals surface area contributed by atoms with E-state index < -0.39 is 0 Å². The molecular weight excluding hydrogens is 340 g/mol. The molecule has 1 aromatic carbocycles. The molecule has 2 amide bonds. The average molecular weight is 365 g/mol. The molecule has 1 atom stereocenters. The number of halogens is 1. The Morgan fingerprint density at radius 1 is 1.20 bits per heavy atom. The molecule has 25 heavy (non-hydrogen) atoms. The summed E-state index contributed by atoms with van der Waals surface area (Å²) < 4.78 is 5.82. The van der Waals surface area contributed by atoms with Crippen LogP contribution in [0, 0.1) is 5.92 Å². The van der Waals surface area contributed by atoms with Gasteiger partial charge in [0.25, 0.3) is 0 Å². The van der Waals surface area contributed by atoms with Crippen LogP contribution in [-0.2, 0) is 9.59 Å². The van der Waals surface area contributed by atoms with Gasteiger partial charge in [-0.05, 0) is 55.9 Å². The summed E-state index contributed by atoms with van der Waals surface area (Å²) in [5, 5.41) is 3.63. The van der Waals surface area contributed by atoms with Gasteiger partial charge in [-0.25, -0.2) is 0 Å². The molecule has 0 aliphatic carbocycles. The van der Waals surface area contributed by atoms with Gasteiger partial charge >= 0.3 is 0 Å². The molecule has 3 rings (SSSR count). The predicted octanol–water partition coefficient (Wildman–Crippen LogP) is 3.02. The van der Waals surface area contributed by atoms with Crippen LogP contribution in [0.2, 0.25) is 5.02 Å². The fourth-order valence-electron chi connectivity index (χ4n) is 3.44. The van der Waals surface area contributed by atoms with E-state index in [2.05, 4.69) is 5.32 Å². The Bertz CT molecular complexity index is 597. The van der Waals surface area contributed by atoms with Gasteiger partial charge in [-0.3, -0.25) is 9.59 Å². The molecule has 2 heterocycles. The Hall–Kier alpha value is -1.75. The maximum Gasteiger partial charge on any atom is 0.222 e. The normalized spacial score (nSPS) is 21.2. The Morgan fingerprint density at radius 2 is 1.92 bits per heavy atom. The van der Waals surface area contributed by atoms with Crippen LogP contribution in [0.15, 0.2) is 24.3 Å². The topological polar surface area (TPSA) is 58.6 Å². The first kappa shape index (κ1) is 18.1. The van der Waals surface area contributed by atoms with Crippen LogP contribution in [-0.4, -0.2) is 42.5 Å². The van der Waals surface area contributed by atoms with Crippen LogP contribution in [0.5, 0.6) is 5.75 Å². The molecule has 1 N–H and O–H groups in total. The van der Waals surface area contributed by atoms with Crippen molar-refractivity contribution in [1.29, 1.82) is 0 Å². The fraction of sp³-hybridized carbons (Fsp3) is 0.579. The first-order valence-corrected chi connectivity index (χ1v) is 9.43. The number of hydrogen-bond acceptors (Lipinski definition) is 3. The van der Waals surface area contributed by atoms with Gasteiger partial charge in [-0.2, -0.15) is 0 Å². The first-order valence-electron chi connectivity index (χ1n) is 9.05. The number of carbonyl (C=O) groups excluding carboxylic acids is 2. The largest absolute Gasteiger partial charge is 0.493 e. The Balaban J connectivity index is 1.34. The third kappa shape index (κ3) is 5.36. The molecule has 6 heteroatoms. The summed E-state index contributed by atoms with van der Waals surface area (Å²) in [4.78, 5) is 25.5. The van der Waals surface area contributed by atoms with Crippen LogP contribution < -0.4 is 10.1 Å². The molecule has 2 aliphatic rings. The predicted molar refractivity (Wildman–Crippen MR) is 96.6 cm³/mol. The second-order valence-electron chi connectivity index (χ2n) is 6.93. The van der Waals surface area contributed by atoms with Gasteiger partial charge in [0.1, 0.15) is 5.75 Å². The monoisotopic (exact) mass is 364 g/mol. The van der Waals surface area contributed by atoms with Crippen molar-refractivity contribution in [2.45, 2.75) is 44.6 Å². The number of amides is 2. The maximum absolute atomic E-state index is 12.3. The minimum Gasteiger partial charge on any atom is -0.493 e. The maximum atomic E-state index is 12.3. The molecular formula is C19H25ClN2O3. The lowest BCUT2D eigenvalue weighted by Gasteiger charge is -2.32. The van der Waals surface area contributed by atoms with E-state index in [1.165, 1.54) is 0 Å². The van der Waals surface area contributed by atoms with Crippen molar-refractivity contribution in [2.75, 3.05) is 19.7 Å². The van der Waals surface area contributed by atoms with Crippen molar-refractivity contribution in [3.8, 4) is 5.75 Å². The number of nitrogens with zero attached hydrogens (tertiary/aromatic N) is 1. The number of benzene rings is 1. The van der Waals surface area contributed by atoms with E-state index in [1.54, 1.807) is 0 Å². The molecule has 136 valence electrons. The number of nitrogens with one attached hydrogen (secondary N) is 1. The summed E-state index contributed by atoms with van der Waals surface area (Å²) in [6, 6.07) is 7.59. The number of rotatable bonds is 6. The number of likely N-dealkylation sites (tertiary alicyclic amines) is 1. The molecule has 0 unspecified atom stereocenters. The standard InChI is InChI=1S/C19H25ClN2O3/c20-15-1-5-17(6-2-15)25-13-14-9-11-22(12-10-14)19(24)8-4-16-3-7-18(23)21-16/h1-2,5-6,14,16H,3-4,7-13H2,(H,21,23)/t16-/m0/s1. The first-order chi connectivity index (χ1) is 12.1. The zero-order chi connectivity index (χ0) is 17.6. The third-order valence-electron chi connectivity index (χ3n) is 5.06. The summed E-state index contributed by atoms with van der Waals surface area (Å²) >= 11 is 5.87. The minimum absolute atomic E-state index is 0.110. The van der Waals surface area contributed by atoms with Gasteiger partial charge in [-0.1, -0.05) is 11.6 Å². The van der Waals surface area contributed by atoms with Crippen LogP contribution in [0.1, 0.15) is 38.5 Å². The molecule has 0 spiro atoms. The third-order valence-corrected chi connectivity index (χ3v) is 5.31. The van der Waals surface area contributed by atoms with Gasteiger partial charge in [-0.15, -0.1) is 0 Å². The van der Waals surface area contributed by atoms with E-state index in [4.69, 9.17) is 16.3 Å². The van der Waals surface area contributed by atoms with Gasteiger partial charge in [0.2, 0.25) is 11.8 Å². The highest BCUT2D eigenvalue weighted by atomic mass is 35.5. The Kier molecular flexibility index (Phi) is 6.19. The molecule has 0 saturated carbocycles. The lowest BCUT2D eigenvalue weighted by molar-refractivity contribution is -0.133. The van der Waals surface area contributed by atoms with Crippen molar-refractivity contribution in [2.24, 2.45) is 5.92 Å². The van der Waals surface area contributed by atoms with E-state index in [1.807, 2.05) is 29.2 Å². The second kappa shape index (κ2) is 8.56. The highest BCUT2D eigenvalue weighted by molar-refractivity contribution is 6.30. The lowest BCUT2D eigenvalue weighted by atomic mass is 9.97. The zero-order valence-corrected chi connectivity index (χ0v) is 15.1. The number of ether oxygens (including phenoxy) is 1. The van der Waals surface area contributed by atoms with Crippen LogP contribution in [0.3, 0.4) is 0 Å². The average Bonchev–Trinajstić information content (AvgIpc) is 3.05. The highest BCUT2D eigenvalue weighted by Crippen LogP contribution is 2.22. The van der Waals surface area contributed by atoms with Gasteiger partial charge in [0.15, 0.2) is 0 Å². The second-order valence-corrected chi connectivity index (χ2v) is 7.37. The lowest BCUT2D eigenvalue weighted by Crippen LogP contribution is -2.40. The van der Waals surface area contributed by atoms with Crippen molar-refractivity contribution < 1.29 is 14.3 Å². The molecule has 0 radical (unpaired) electrons. The molecule has 0 bridgehead atoms. The minimum atomic E-state index is 0.110. The van der Waals surface area contributed by atoms with Crippen molar-refractivity contribution in [3.05, 3.63) is 29.3 Å². The molecule has 2 fully saturated rings. The molecule has 2 aliphatic heterocycles. The van der Waals surface area contributed by atoms with Gasteiger partial charge in [0, 0.05) is 37.0 Å². The summed E-state index contributed by atoms with van der Waals surface area (Å²) in [5.41, 5.74) is 0. The van der Waals surface area contributed by atoms with E-state index >= 15 is 0 Å². The highest BCUT2D eigenvalue weighted by Gasteiger charge is 2.25. The fourth-order valence-corrected chi connectivity index (χ4v) is 3.57. The van der Waals surface area contributed by atoms with Crippen LogP contribution >= 0.6 is 11.6 Å². The smallest absolute Gasteiger partial charge is 0.222 e. The molecule has 5 nitrogen and oxygen atoms in total. The Morgan fingerprint density at radius 3 is 2.56 bits per heavy atom. The summed E-state index contributed by atoms with van der Waals surface area (Å²) in [5.74, 6) is 1.63. The zero-order valence-electron chi connectivity index (χ0n) is 14.4.